The Balaban J connectivity index is 2.18. The van der Waals surface area contributed by atoms with Gasteiger partial charge < -0.3 is 9.73 Å². The number of hydrogen-bond donors (Lipinski definition) is 1. The van der Waals surface area contributed by atoms with E-state index in [9.17, 15) is 0 Å². The first kappa shape index (κ1) is 13.9. The molecule has 0 aliphatic carbocycles. The van der Waals surface area contributed by atoms with Crippen LogP contribution in [-0.2, 0) is 0 Å². The topological polar surface area (TPSA) is 25.2 Å². The molecule has 2 nitrogen and oxygen atoms in total. The highest BCUT2D eigenvalue weighted by Crippen LogP contribution is 2.27. The smallest absolute Gasteiger partial charge is 0.134 e. The van der Waals surface area contributed by atoms with Crippen LogP contribution >= 0.6 is 0 Å². The fourth-order valence-electron chi connectivity index (χ4n) is 2.26. The maximum atomic E-state index is 6.01. The fourth-order valence-corrected chi connectivity index (χ4v) is 2.26. The molecule has 0 saturated carbocycles. The zero-order valence-electron chi connectivity index (χ0n) is 12.1. The van der Waals surface area contributed by atoms with Gasteiger partial charge in [-0.05, 0) is 44.5 Å². The lowest BCUT2D eigenvalue weighted by molar-refractivity contribution is 0.411. The van der Waals surface area contributed by atoms with Gasteiger partial charge in [0.25, 0.3) is 0 Å². The standard InChI is InChI=1S/C17H23NO/c1-4-11-18-15(5-2)17-10-9-16(19-17)14-8-6-7-13(3)12-14/h6-10,12,15,18H,4-5,11H2,1-3H3. The molecular formula is C17H23NO. The quantitative estimate of drug-likeness (QED) is 0.811. The molecule has 1 atom stereocenters. The highest BCUT2D eigenvalue weighted by Gasteiger charge is 2.13. The highest BCUT2D eigenvalue weighted by atomic mass is 16.3. The summed E-state index contributed by atoms with van der Waals surface area (Å²) in [7, 11) is 0. The highest BCUT2D eigenvalue weighted by molar-refractivity contribution is 5.58. The molecule has 1 aromatic heterocycles. The van der Waals surface area contributed by atoms with Crippen molar-refractivity contribution in [1.29, 1.82) is 0 Å². The van der Waals surface area contributed by atoms with E-state index in [1.807, 2.05) is 0 Å². The van der Waals surface area contributed by atoms with E-state index in [4.69, 9.17) is 4.42 Å². The van der Waals surface area contributed by atoms with Gasteiger partial charge >= 0.3 is 0 Å². The van der Waals surface area contributed by atoms with Gasteiger partial charge in [0.05, 0.1) is 6.04 Å². The number of benzene rings is 1. The molecule has 0 aliphatic heterocycles. The minimum absolute atomic E-state index is 0.318. The minimum Gasteiger partial charge on any atom is -0.459 e. The Morgan fingerprint density at radius 3 is 2.68 bits per heavy atom. The van der Waals surface area contributed by atoms with Crippen LogP contribution in [0.1, 0.15) is 44.1 Å². The minimum atomic E-state index is 0.318. The molecule has 0 amide bonds. The number of hydrogen-bond acceptors (Lipinski definition) is 2. The Morgan fingerprint density at radius 1 is 1.16 bits per heavy atom. The second-order valence-electron chi connectivity index (χ2n) is 4.99. The van der Waals surface area contributed by atoms with E-state index in [2.05, 4.69) is 62.5 Å². The van der Waals surface area contributed by atoms with Crippen molar-refractivity contribution in [3.8, 4) is 11.3 Å². The zero-order chi connectivity index (χ0) is 13.7. The van der Waals surface area contributed by atoms with Gasteiger partial charge in [-0.3, -0.25) is 0 Å². The van der Waals surface area contributed by atoms with E-state index in [1.165, 1.54) is 5.56 Å². The van der Waals surface area contributed by atoms with E-state index in [-0.39, 0.29) is 0 Å². The summed E-state index contributed by atoms with van der Waals surface area (Å²) in [5, 5.41) is 3.52. The first-order valence-corrected chi connectivity index (χ1v) is 7.14. The van der Waals surface area contributed by atoms with Crippen LogP contribution in [-0.4, -0.2) is 6.54 Å². The van der Waals surface area contributed by atoms with Gasteiger partial charge in [-0.1, -0.05) is 37.6 Å². The van der Waals surface area contributed by atoms with Crippen LogP contribution in [0.3, 0.4) is 0 Å². The van der Waals surface area contributed by atoms with E-state index in [0.717, 1.165) is 36.5 Å². The van der Waals surface area contributed by atoms with Gasteiger partial charge in [-0.15, -0.1) is 0 Å². The van der Waals surface area contributed by atoms with Gasteiger partial charge in [0.1, 0.15) is 11.5 Å². The summed E-state index contributed by atoms with van der Waals surface area (Å²) in [6.07, 6.45) is 2.18. The average Bonchev–Trinajstić information content (AvgIpc) is 2.89. The lowest BCUT2D eigenvalue weighted by Gasteiger charge is -2.13. The molecule has 0 spiro atoms. The normalized spacial score (nSPS) is 12.6. The molecule has 1 unspecified atom stereocenters. The van der Waals surface area contributed by atoms with Crippen LogP contribution in [0.15, 0.2) is 40.8 Å². The van der Waals surface area contributed by atoms with Crippen LogP contribution in [0.4, 0.5) is 0 Å². The monoisotopic (exact) mass is 257 g/mol. The molecule has 0 saturated heterocycles. The summed E-state index contributed by atoms with van der Waals surface area (Å²) >= 11 is 0. The molecule has 0 bridgehead atoms. The molecule has 0 radical (unpaired) electrons. The van der Waals surface area contributed by atoms with E-state index < -0.39 is 0 Å². The summed E-state index contributed by atoms with van der Waals surface area (Å²) in [5.41, 5.74) is 2.41. The van der Waals surface area contributed by atoms with Crippen LogP contribution < -0.4 is 5.32 Å². The summed E-state index contributed by atoms with van der Waals surface area (Å²) in [5.74, 6) is 1.99. The molecule has 102 valence electrons. The molecule has 1 N–H and O–H groups in total. The van der Waals surface area contributed by atoms with Crippen molar-refractivity contribution in [2.45, 2.75) is 39.7 Å². The maximum Gasteiger partial charge on any atom is 0.134 e. The molecule has 1 heterocycles. The van der Waals surface area contributed by atoms with E-state index >= 15 is 0 Å². The SMILES string of the molecule is CCCNC(CC)c1ccc(-c2cccc(C)c2)o1. The Labute approximate surface area is 115 Å². The largest absolute Gasteiger partial charge is 0.459 e. The summed E-state index contributed by atoms with van der Waals surface area (Å²) in [6.45, 7) is 7.49. The van der Waals surface area contributed by atoms with Crippen LogP contribution in [0.25, 0.3) is 11.3 Å². The molecule has 0 fully saturated rings. The number of rotatable bonds is 6. The third-order valence-electron chi connectivity index (χ3n) is 3.32. The Morgan fingerprint density at radius 2 is 2.00 bits per heavy atom. The number of furan rings is 1. The number of nitrogens with one attached hydrogen (secondary N) is 1. The third kappa shape index (κ3) is 3.48. The predicted molar refractivity (Wildman–Crippen MR) is 80.2 cm³/mol. The second-order valence-corrected chi connectivity index (χ2v) is 4.99. The third-order valence-corrected chi connectivity index (χ3v) is 3.32. The van der Waals surface area contributed by atoms with Gasteiger partial charge in [0, 0.05) is 5.56 Å². The van der Waals surface area contributed by atoms with Crippen molar-refractivity contribution >= 4 is 0 Å². The van der Waals surface area contributed by atoms with Gasteiger partial charge in [0.15, 0.2) is 0 Å². The van der Waals surface area contributed by atoms with E-state index in [1.54, 1.807) is 0 Å². The van der Waals surface area contributed by atoms with Gasteiger partial charge in [0.2, 0.25) is 0 Å². The fraction of sp³-hybridized carbons (Fsp3) is 0.412. The first-order chi connectivity index (χ1) is 9.24. The van der Waals surface area contributed by atoms with Crippen LogP contribution in [0.5, 0.6) is 0 Å². The van der Waals surface area contributed by atoms with Crippen molar-refractivity contribution < 1.29 is 4.42 Å². The number of aryl methyl sites for hydroxylation is 1. The second kappa shape index (κ2) is 6.58. The lowest BCUT2D eigenvalue weighted by Crippen LogP contribution is -2.20. The zero-order valence-corrected chi connectivity index (χ0v) is 12.1. The molecule has 2 heteroatoms. The van der Waals surface area contributed by atoms with Crippen molar-refractivity contribution in [2.24, 2.45) is 0 Å². The predicted octanol–water partition coefficient (Wildman–Crippen LogP) is 4.71. The molecule has 19 heavy (non-hydrogen) atoms. The van der Waals surface area contributed by atoms with Crippen molar-refractivity contribution in [3.63, 3.8) is 0 Å². The first-order valence-electron chi connectivity index (χ1n) is 7.14. The van der Waals surface area contributed by atoms with Crippen LogP contribution in [0, 0.1) is 6.92 Å². The van der Waals surface area contributed by atoms with Crippen molar-refractivity contribution in [1.82, 2.24) is 5.32 Å². The molecule has 2 aromatic rings. The van der Waals surface area contributed by atoms with Gasteiger partial charge in [-0.25, -0.2) is 0 Å². The Bertz CT molecular complexity index is 515. The Kier molecular flexibility index (Phi) is 4.80. The maximum absolute atomic E-state index is 6.01. The molecule has 1 aromatic carbocycles. The Hall–Kier alpha value is -1.54. The van der Waals surface area contributed by atoms with Crippen LogP contribution in [0.2, 0.25) is 0 Å². The average molecular weight is 257 g/mol. The lowest BCUT2D eigenvalue weighted by atomic mass is 10.1. The molecule has 0 aliphatic rings. The summed E-state index contributed by atoms with van der Waals surface area (Å²) < 4.78 is 6.01. The van der Waals surface area contributed by atoms with Gasteiger partial charge in [-0.2, -0.15) is 0 Å². The summed E-state index contributed by atoms with van der Waals surface area (Å²) in [6, 6.07) is 12.9. The van der Waals surface area contributed by atoms with E-state index in [0.29, 0.717) is 6.04 Å². The molecular weight excluding hydrogens is 234 g/mol. The summed E-state index contributed by atoms with van der Waals surface area (Å²) in [4.78, 5) is 0. The van der Waals surface area contributed by atoms with Crippen molar-refractivity contribution in [2.75, 3.05) is 6.54 Å². The van der Waals surface area contributed by atoms with Crippen molar-refractivity contribution in [3.05, 3.63) is 47.7 Å². The molecule has 2 rings (SSSR count).